The van der Waals surface area contributed by atoms with Crippen LogP contribution in [0.4, 0.5) is 0 Å². The van der Waals surface area contributed by atoms with Crippen molar-refractivity contribution in [3.63, 3.8) is 0 Å². The summed E-state index contributed by atoms with van der Waals surface area (Å²) in [4.78, 5) is 9.03. The van der Waals surface area contributed by atoms with Crippen LogP contribution in [0.5, 0.6) is 11.5 Å². The minimum Gasteiger partial charge on any atom is -0.493 e. The van der Waals surface area contributed by atoms with Gasteiger partial charge in [-0.2, -0.15) is 4.98 Å². The molecule has 7 nitrogen and oxygen atoms in total. The molecule has 0 aliphatic carbocycles. The maximum absolute atomic E-state index is 5.54. The molecule has 0 amide bonds. The zero-order chi connectivity index (χ0) is 17.1. The first-order valence-electron chi connectivity index (χ1n) is 8.05. The lowest BCUT2D eigenvalue weighted by Gasteiger charge is -2.37. The van der Waals surface area contributed by atoms with Crippen LogP contribution in [0.25, 0.3) is 0 Å². The van der Waals surface area contributed by atoms with E-state index in [1.807, 2.05) is 19.1 Å². The third-order valence-electron chi connectivity index (χ3n) is 4.44. The van der Waals surface area contributed by atoms with E-state index < -0.39 is 0 Å². The molecule has 0 bridgehead atoms. The van der Waals surface area contributed by atoms with Crippen LogP contribution in [0.1, 0.15) is 23.3 Å². The molecular formula is C17H24N4O3. The summed E-state index contributed by atoms with van der Waals surface area (Å²) in [6.45, 7) is 5.38. The smallest absolute Gasteiger partial charge is 0.245 e. The average molecular weight is 332 g/mol. The lowest BCUT2D eigenvalue weighted by atomic mass is 10.1. The van der Waals surface area contributed by atoms with Crippen molar-refractivity contribution in [3.05, 3.63) is 35.5 Å². The predicted molar refractivity (Wildman–Crippen MR) is 89.2 cm³/mol. The second-order valence-electron chi connectivity index (χ2n) is 6.06. The quantitative estimate of drug-likeness (QED) is 0.828. The molecule has 0 saturated carbocycles. The SMILES string of the molecule is COc1cccc(CN2CCN(C)[C@H](c3nc(C)no3)C2)c1OC. The fraction of sp³-hybridized carbons (Fsp3) is 0.529. The highest BCUT2D eigenvalue weighted by atomic mass is 16.5. The molecule has 3 rings (SSSR count). The number of benzene rings is 1. The van der Waals surface area contributed by atoms with Gasteiger partial charge in [0.2, 0.25) is 5.89 Å². The second-order valence-corrected chi connectivity index (χ2v) is 6.06. The molecule has 1 aromatic carbocycles. The molecule has 0 unspecified atom stereocenters. The first kappa shape index (κ1) is 16.7. The Balaban J connectivity index is 1.76. The van der Waals surface area contributed by atoms with Gasteiger partial charge in [-0.3, -0.25) is 9.80 Å². The van der Waals surface area contributed by atoms with Gasteiger partial charge in [0.05, 0.1) is 14.2 Å². The first-order chi connectivity index (χ1) is 11.6. The van der Waals surface area contributed by atoms with E-state index in [9.17, 15) is 0 Å². The van der Waals surface area contributed by atoms with E-state index in [-0.39, 0.29) is 6.04 Å². The van der Waals surface area contributed by atoms with Crippen LogP contribution in [0.15, 0.2) is 22.7 Å². The van der Waals surface area contributed by atoms with Crippen molar-refractivity contribution in [2.75, 3.05) is 40.9 Å². The fourth-order valence-corrected chi connectivity index (χ4v) is 3.11. The maximum Gasteiger partial charge on any atom is 0.245 e. The number of piperazine rings is 1. The fourth-order valence-electron chi connectivity index (χ4n) is 3.11. The van der Waals surface area contributed by atoms with Gasteiger partial charge in [0, 0.05) is 31.7 Å². The number of para-hydroxylation sites is 1. The zero-order valence-corrected chi connectivity index (χ0v) is 14.7. The van der Waals surface area contributed by atoms with Gasteiger partial charge in [-0.25, -0.2) is 0 Å². The van der Waals surface area contributed by atoms with E-state index in [2.05, 4.69) is 33.1 Å². The zero-order valence-electron chi connectivity index (χ0n) is 14.7. The number of aromatic nitrogens is 2. The summed E-state index contributed by atoms with van der Waals surface area (Å²) in [6, 6.07) is 6.09. The van der Waals surface area contributed by atoms with Crippen LogP contribution in [-0.4, -0.2) is 60.8 Å². The Morgan fingerprint density at radius 1 is 1.25 bits per heavy atom. The summed E-state index contributed by atoms with van der Waals surface area (Å²) in [5.74, 6) is 2.90. The molecular weight excluding hydrogens is 308 g/mol. The second kappa shape index (κ2) is 7.19. The molecule has 1 fully saturated rings. The number of likely N-dealkylation sites (N-methyl/N-ethyl adjacent to an activating group) is 1. The topological polar surface area (TPSA) is 63.9 Å². The third kappa shape index (κ3) is 3.37. The van der Waals surface area contributed by atoms with Gasteiger partial charge >= 0.3 is 0 Å². The molecule has 1 atom stereocenters. The number of methoxy groups -OCH3 is 2. The van der Waals surface area contributed by atoms with Gasteiger partial charge in [-0.15, -0.1) is 0 Å². The molecule has 2 heterocycles. The lowest BCUT2D eigenvalue weighted by molar-refractivity contribution is 0.0709. The van der Waals surface area contributed by atoms with E-state index in [0.717, 1.165) is 43.2 Å². The summed E-state index contributed by atoms with van der Waals surface area (Å²) in [6.07, 6.45) is 0. The first-order valence-corrected chi connectivity index (χ1v) is 8.05. The largest absolute Gasteiger partial charge is 0.493 e. The molecule has 2 aromatic rings. The molecule has 1 aromatic heterocycles. The highest BCUT2D eigenvalue weighted by Crippen LogP contribution is 2.32. The number of rotatable bonds is 5. The van der Waals surface area contributed by atoms with E-state index in [0.29, 0.717) is 11.7 Å². The van der Waals surface area contributed by atoms with Crippen molar-refractivity contribution >= 4 is 0 Å². The van der Waals surface area contributed by atoms with Crippen LogP contribution in [0.2, 0.25) is 0 Å². The van der Waals surface area contributed by atoms with Gasteiger partial charge in [0.1, 0.15) is 6.04 Å². The molecule has 130 valence electrons. The van der Waals surface area contributed by atoms with Crippen molar-refractivity contribution in [2.45, 2.75) is 19.5 Å². The Bertz CT molecular complexity index is 688. The normalized spacial score (nSPS) is 19.4. The predicted octanol–water partition coefficient (Wildman–Crippen LogP) is 1.88. The standard InChI is InChI=1S/C17H24N4O3/c1-12-18-17(24-19-12)14-11-21(9-8-20(14)2)10-13-6-5-7-15(22-3)16(13)23-4/h5-7,14H,8-11H2,1-4H3/t14-/m0/s1. The third-order valence-corrected chi connectivity index (χ3v) is 4.44. The number of aryl methyl sites for hydroxylation is 1. The summed E-state index contributed by atoms with van der Waals surface area (Å²) in [5, 5.41) is 3.92. The van der Waals surface area contributed by atoms with E-state index >= 15 is 0 Å². The van der Waals surface area contributed by atoms with E-state index in [1.54, 1.807) is 14.2 Å². The number of hydrogen-bond donors (Lipinski definition) is 0. The minimum atomic E-state index is 0.108. The molecule has 1 aliphatic heterocycles. The van der Waals surface area contributed by atoms with Gasteiger partial charge in [-0.05, 0) is 20.0 Å². The van der Waals surface area contributed by atoms with E-state index in [4.69, 9.17) is 14.0 Å². The summed E-state index contributed by atoms with van der Waals surface area (Å²) >= 11 is 0. The monoisotopic (exact) mass is 332 g/mol. The van der Waals surface area contributed by atoms with Crippen LogP contribution >= 0.6 is 0 Å². The molecule has 7 heteroatoms. The molecule has 24 heavy (non-hydrogen) atoms. The molecule has 1 saturated heterocycles. The maximum atomic E-state index is 5.54. The number of ether oxygens (including phenoxy) is 2. The van der Waals surface area contributed by atoms with Crippen LogP contribution < -0.4 is 9.47 Å². The van der Waals surface area contributed by atoms with Gasteiger partial charge in [-0.1, -0.05) is 17.3 Å². The Morgan fingerprint density at radius 3 is 2.75 bits per heavy atom. The highest BCUT2D eigenvalue weighted by molar-refractivity contribution is 5.46. The number of hydrogen-bond acceptors (Lipinski definition) is 7. The Labute approximate surface area is 142 Å². The van der Waals surface area contributed by atoms with E-state index in [1.165, 1.54) is 0 Å². The van der Waals surface area contributed by atoms with Crippen LogP contribution in [0.3, 0.4) is 0 Å². The van der Waals surface area contributed by atoms with Crippen LogP contribution in [0, 0.1) is 6.92 Å². The molecule has 0 radical (unpaired) electrons. The summed E-state index contributed by atoms with van der Waals surface area (Å²) in [5.41, 5.74) is 1.11. The van der Waals surface area contributed by atoms with Crippen molar-refractivity contribution in [3.8, 4) is 11.5 Å². The average Bonchev–Trinajstić information content (AvgIpc) is 3.02. The summed E-state index contributed by atoms with van der Waals surface area (Å²) < 4.78 is 16.3. The van der Waals surface area contributed by atoms with Crippen molar-refractivity contribution < 1.29 is 14.0 Å². The summed E-state index contributed by atoms with van der Waals surface area (Å²) in [7, 11) is 5.43. The van der Waals surface area contributed by atoms with Crippen LogP contribution in [-0.2, 0) is 6.54 Å². The highest BCUT2D eigenvalue weighted by Gasteiger charge is 2.30. The van der Waals surface area contributed by atoms with Crippen molar-refractivity contribution in [1.29, 1.82) is 0 Å². The van der Waals surface area contributed by atoms with Gasteiger partial charge in [0.25, 0.3) is 0 Å². The Kier molecular flexibility index (Phi) is 5.01. The van der Waals surface area contributed by atoms with Gasteiger partial charge < -0.3 is 14.0 Å². The molecule has 0 spiro atoms. The number of nitrogens with zero attached hydrogens (tertiary/aromatic N) is 4. The van der Waals surface area contributed by atoms with Gasteiger partial charge in [0.15, 0.2) is 17.3 Å². The minimum absolute atomic E-state index is 0.108. The Hall–Kier alpha value is -2.12. The molecule has 0 N–H and O–H groups in total. The van der Waals surface area contributed by atoms with Crippen molar-refractivity contribution in [1.82, 2.24) is 19.9 Å². The molecule has 1 aliphatic rings. The van der Waals surface area contributed by atoms with Crippen molar-refractivity contribution in [2.24, 2.45) is 0 Å². The Morgan fingerprint density at radius 2 is 2.08 bits per heavy atom. The lowest BCUT2D eigenvalue weighted by Crippen LogP contribution is -2.46.